The van der Waals surface area contributed by atoms with Crippen molar-refractivity contribution in [2.45, 2.75) is 6.92 Å². The van der Waals surface area contributed by atoms with Gasteiger partial charge in [-0.1, -0.05) is 18.2 Å². The molecule has 98 valence electrons. The van der Waals surface area contributed by atoms with Gasteiger partial charge in [0.25, 0.3) is 5.91 Å². The Hall–Kier alpha value is -1.60. The molecule has 2 aromatic carbocycles. The average molecular weight is 367 g/mol. The number of para-hydroxylation sites is 1. The average Bonchev–Trinajstić information content (AvgIpc) is 2.41. The molecule has 4 nitrogen and oxygen atoms in total. The number of carbonyl (C=O) groups excluding carboxylic acids is 1. The molecule has 0 aliphatic carbocycles. The van der Waals surface area contributed by atoms with Crippen LogP contribution in [-0.4, -0.2) is 5.91 Å². The van der Waals surface area contributed by atoms with Crippen molar-refractivity contribution in [1.82, 2.24) is 0 Å². The zero-order chi connectivity index (χ0) is 13.8. The van der Waals surface area contributed by atoms with Crippen LogP contribution in [0, 0.1) is 10.5 Å². The molecule has 0 saturated heterocycles. The number of halogens is 1. The number of amides is 1. The molecule has 0 aliphatic rings. The molecule has 0 aliphatic heterocycles. The Morgan fingerprint density at radius 3 is 2.58 bits per heavy atom. The molecule has 0 spiro atoms. The Kier molecular flexibility index (Phi) is 4.39. The van der Waals surface area contributed by atoms with Crippen LogP contribution >= 0.6 is 22.6 Å². The van der Waals surface area contributed by atoms with Gasteiger partial charge in [0.15, 0.2) is 0 Å². The van der Waals surface area contributed by atoms with E-state index in [0.29, 0.717) is 11.3 Å². The minimum absolute atomic E-state index is 0.183. The summed E-state index contributed by atoms with van der Waals surface area (Å²) >= 11 is 2.18. The Morgan fingerprint density at radius 1 is 1.16 bits per heavy atom. The molecule has 2 aromatic rings. The number of benzene rings is 2. The lowest BCUT2D eigenvalue weighted by Crippen LogP contribution is -2.17. The highest BCUT2D eigenvalue weighted by Crippen LogP contribution is 2.21. The summed E-state index contributed by atoms with van der Waals surface area (Å²) in [5.74, 6) is 5.27. The Bertz CT molecular complexity index is 613. The lowest BCUT2D eigenvalue weighted by atomic mass is 10.1. The Balaban J connectivity index is 2.28. The number of nitrogens with one attached hydrogen (secondary N) is 2. The molecule has 0 aromatic heterocycles. The van der Waals surface area contributed by atoms with Crippen molar-refractivity contribution >= 4 is 39.9 Å². The van der Waals surface area contributed by atoms with Crippen molar-refractivity contribution in [3.05, 3.63) is 57.2 Å². The van der Waals surface area contributed by atoms with E-state index in [-0.39, 0.29) is 5.91 Å². The van der Waals surface area contributed by atoms with E-state index < -0.39 is 0 Å². The number of anilines is 2. The molecule has 0 unspecified atom stereocenters. The molecule has 0 bridgehead atoms. The zero-order valence-electron chi connectivity index (χ0n) is 10.4. The minimum Gasteiger partial charge on any atom is -0.323 e. The van der Waals surface area contributed by atoms with Crippen molar-refractivity contribution in [3.8, 4) is 0 Å². The van der Waals surface area contributed by atoms with E-state index in [1.807, 2.05) is 43.3 Å². The Labute approximate surface area is 125 Å². The standard InChI is InChI=1S/C14H14IN3O/c1-9-6-7-10(13(8-9)18-16)14(19)17-12-5-3-2-4-11(12)15/h2-8,18H,16H2,1H3,(H,17,19). The molecule has 0 heterocycles. The highest BCUT2D eigenvalue weighted by Gasteiger charge is 2.12. The summed E-state index contributed by atoms with van der Waals surface area (Å²) in [5, 5.41) is 2.88. The van der Waals surface area contributed by atoms with E-state index >= 15 is 0 Å². The monoisotopic (exact) mass is 367 g/mol. The molecule has 1 amide bonds. The third-order valence-corrected chi connectivity index (χ3v) is 3.64. The second-order valence-electron chi connectivity index (χ2n) is 4.13. The van der Waals surface area contributed by atoms with Crippen molar-refractivity contribution in [1.29, 1.82) is 0 Å². The molecular formula is C14H14IN3O. The van der Waals surface area contributed by atoms with Crippen LogP contribution in [0.25, 0.3) is 0 Å². The summed E-state index contributed by atoms with van der Waals surface area (Å²) in [5.41, 5.74) is 5.52. The number of hydrogen-bond donors (Lipinski definition) is 3. The number of hydrazine groups is 1. The zero-order valence-corrected chi connectivity index (χ0v) is 12.6. The normalized spacial score (nSPS) is 10.1. The molecule has 5 heteroatoms. The van der Waals surface area contributed by atoms with Crippen LogP contribution in [-0.2, 0) is 0 Å². The van der Waals surface area contributed by atoms with E-state index in [0.717, 1.165) is 14.8 Å². The number of nitrogens with two attached hydrogens (primary N) is 1. The summed E-state index contributed by atoms with van der Waals surface area (Å²) in [6.45, 7) is 1.95. The van der Waals surface area contributed by atoms with Crippen LogP contribution in [0.15, 0.2) is 42.5 Å². The summed E-state index contributed by atoms with van der Waals surface area (Å²) in [7, 11) is 0. The van der Waals surface area contributed by atoms with Crippen molar-refractivity contribution < 1.29 is 4.79 Å². The second kappa shape index (κ2) is 6.03. The number of aryl methyl sites for hydroxylation is 1. The van der Waals surface area contributed by atoms with Crippen LogP contribution in [0.4, 0.5) is 11.4 Å². The highest BCUT2D eigenvalue weighted by molar-refractivity contribution is 14.1. The van der Waals surface area contributed by atoms with E-state index in [1.165, 1.54) is 0 Å². The van der Waals surface area contributed by atoms with Gasteiger partial charge in [-0.25, -0.2) is 0 Å². The fourth-order valence-corrected chi connectivity index (χ4v) is 2.25. The number of nitrogen functional groups attached to an aromatic ring is 1. The largest absolute Gasteiger partial charge is 0.323 e. The van der Waals surface area contributed by atoms with Crippen LogP contribution in [0.2, 0.25) is 0 Å². The minimum atomic E-state index is -0.183. The first-order valence-electron chi connectivity index (χ1n) is 5.75. The number of hydrogen-bond acceptors (Lipinski definition) is 3. The highest BCUT2D eigenvalue weighted by atomic mass is 127. The van der Waals surface area contributed by atoms with Gasteiger partial charge in [-0.3, -0.25) is 10.6 Å². The predicted molar refractivity (Wildman–Crippen MR) is 86.1 cm³/mol. The van der Waals surface area contributed by atoms with E-state index in [4.69, 9.17) is 5.84 Å². The van der Waals surface area contributed by atoms with Gasteiger partial charge in [-0.2, -0.15) is 0 Å². The van der Waals surface area contributed by atoms with E-state index in [1.54, 1.807) is 6.07 Å². The molecular weight excluding hydrogens is 353 g/mol. The maximum atomic E-state index is 12.2. The van der Waals surface area contributed by atoms with Gasteiger partial charge in [-0.05, 0) is 59.3 Å². The second-order valence-corrected chi connectivity index (χ2v) is 5.29. The predicted octanol–water partition coefficient (Wildman–Crippen LogP) is 3.14. The molecule has 0 radical (unpaired) electrons. The summed E-state index contributed by atoms with van der Waals surface area (Å²) in [6.07, 6.45) is 0. The lowest BCUT2D eigenvalue weighted by molar-refractivity contribution is 0.102. The maximum Gasteiger partial charge on any atom is 0.257 e. The van der Waals surface area contributed by atoms with Gasteiger partial charge >= 0.3 is 0 Å². The van der Waals surface area contributed by atoms with Gasteiger partial charge < -0.3 is 10.7 Å². The third-order valence-electron chi connectivity index (χ3n) is 2.70. The van der Waals surface area contributed by atoms with Crippen molar-refractivity contribution in [3.63, 3.8) is 0 Å². The molecule has 19 heavy (non-hydrogen) atoms. The smallest absolute Gasteiger partial charge is 0.257 e. The summed E-state index contributed by atoms with van der Waals surface area (Å²) < 4.78 is 0.989. The fourth-order valence-electron chi connectivity index (χ4n) is 1.73. The van der Waals surface area contributed by atoms with Gasteiger partial charge in [0.1, 0.15) is 0 Å². The summed E-state index contributed by atoms with van der Waals surface area (Å²) in [6, 6.07) is 13.1. The van der Waals surface area contributed by atoms with E-state index in [2.05, 4.69) is 33.3 Å². The van der Waals surface area contributed by atoms with Crippen LogP contribution in [0.3, 0.4) is 0 Å². The molecule has 0 fully saturated rings. The topological polar surface area (TPSA) is 67.2 Å². The third kappa shape index (κ3) is 3.24. The first-order valence-corrected chi connectivity index (χ1v) is 6.83. The van der Waals surface area contributed by atoms with Crippen LogP contribution in [0.1, 0.15) is 15.9 Å². The van der Waals surface area contributed by atoms with Gasteiger partial charge in [0, 0.05) is 3.57 Å². The lowest BCUT2D eigenvalue weighted by Gasteiger charge is -2.11. The van der Waals surface area contributed by atoms with Gasteiger partial charge in [0.2, 0.25) is 0 Å². The maximum absolute atomic E-state index is 12.2. The SMILES string of the molecule is Cc1ccc(C(=O)Nc2ccccc2I)c(NN)c1. The fraction of sp³-hybridized carbons (Fsp3) is 0.0714. The van der Waals surface area contributed by atoms with Gasteiger partial charge in [0.05, 0.1) is 16.9 Å². The molecule has 4 N–H and O–H groups in total. The van der Waals surface area contributed by atoms with Crippen molar-refractivity contribution in [2.24, 2.45) is 5.84 Å². The molecule has 0 saturated carbocycles. The first kappa shape index (κ1) is 13.8. The Morgan fingerprint density at radius 2 is 1.89 bits per heavy atom. The van der Waals surface area contributed by atoms with Gasteiger partial charge in [-0.15, -0.1) is 0 Å². The number of carbonyl (C=O) groups is 1. The van der Waals surface area contributed by atoms with Crippen molar-refractivity contribution in [2.75, 3.05) is 10.7 Å². The van der Waals surface area contributed by atoms with Crippen LogP contribution < -0.4 is 16.6 Å². The molecule has 2 rings (SSSR count). The first-order chi connectivity index (χ1) is 9.11. The quantitative estimate of drug-likeness (QED) is 0.444. The molecule has 0 atom stereocenters. The van der Waals surface area contributed by atoms with E-state index in [9.17, 15) is 4.79 Å². The summed E-state index contributed by atoms with van der Waals surface area (Å²) in [4.78, 5) is 12.2. The van der Waals surface area contributed by atoms with Crippen LogP contribution in [0.5, 0.6) is 0 Å². The number of rotatable bonds is 3.